The minimum atomic E-state index is -1.30. The number of ether oxygens (including phenoxy) is 2. The van der Waals surface area contributed by atoms with Gasteiger partial charge in [-0.2, -0.15) is 15.2 Å². The van der Waals surface area contributed by atoms with Crippen LogP contribution in [0, 0.1) is 23.0 Å². The second-order valence-electron chi connectivity index (χ2n) is 12.2. The van der Waals surface area contributed by atoms with Crippen LogP contribution in [0.2, 0.25) is 5.02 Å². The van der Waals surface area contributed by atoms with E-state index in [-0.39, 0.29) is 78.5 Å². The Hall–Kier alpha value is -3.57. The topological polar surface area (TPSA) is 130 Å². The number of halogens is 4. The lowest BCUT2D eigenvalue weighted by atomic mass is 9.95. The summed E-state index contributed by atoms with van der Waals surface area (Å²) < 4.78 is 58.4. The predicted molar refractivity (Wildman–Crippen MR) is 162 cm³/mol. The lowest BCUT2D eigenvalue weighted by Gasteiger charge is -2.31. The van der Waals surface area contributed by atoms with Gasteiger partial charge in [0.25, 0.3) is 0 Å². The quantitative estimate of drug-likeness (QED) is 0.247. The highest BCUT2D eigenvalue weighted by atomic mass is 35.5. The van der Waals surface area contributed by atoms with Crippen molar-refractivity contribution >= 4 is 54.7 Å². The van der Waals surface area contributed by atoms with E-state index < -0.39 is 35.0 Å². The maximum Gasteiger partial charge on any atom is 0.319 e. The number of fused-ring (bicyclic) bond motifs is 2. The normalized spacial score (nSPS) is 23.3. The van der Waals surface area contributed by atoms with E-state index in [1.165, 1.54) is 6.07 Å². The summed E-state index contributed by atoms with van der Waals surface area (Å²) in [6.07, 6.45) is 1.03. The van der Waals surface area contributed by atoms with E-state index in [1.54, 1.807) is 13.8 Å². The van der Waals surface area contributed by atoms with E-state index in [9.17, 15) is 19.1 Å². The van der Waals surface area contributed by atoms with Crippen molar-refractivity contribution in [1.29, 1.82) is 5.26 Å². The Morgan fingerprint density at radius 2 is 2.14 bits per heavy atom. The highest BCUT2D eigenvalue weighted by Crippen LogP contribution is 2.50. The standard InChI is InChI=1S/C30H28ClF3N6O3S/c1-29(2,41)17-11-42-24-20-23(38-28(39-27(20)37-17)43-12-30-6-3-7-40(30)10-13(32)8-30)22(34)19(21(24)31)14-4-5-16(33)25-18(14)15(9-35)26(36)44-25/h4-5,13,17,41H,3,6-8,10-12,36H2,1-2H3,(H,37,38,39)/t13-,17-,30+/m1/s1. The summed E-state index contributed by atoms with van der Waals surface area (Å²) in [6.45, 7) is 4.33. The first-order chi connectivity index (χ1) is 20.9. The Bertz CT molecular complexity index is 1890. The van der Waals surface area contributed by atoms with Crippen LogP contribution in [0.25, 0.3) is 32.1 Å². The Kier molecular flexibility index (Phi) is 6.78. The minimum Gasteiger partial charge on any atom is -0.489 e. The average Bonchev–Trinajstić information content (AvgIpc) is 3.55. The third kappa shape index (κ3) is 4.42. The van der Waals surface area contributed by atoms with Crippen LogP contribution in [0.3, 0.4) is 0 Å². The number of nitrogens with zero attached hydrogens (tertiary/aromatic N) is 4. The summed E-state index contributed by atoms with van der Waals surface area (Å²) in [7, 11) is 0. The first-order valence-electron chi connectivity index (χ1n) is 14.2. The Morgan fingerprint density at radius 1 is 1.34 bits per heavy atom. The number of nitrogens with two attached hydrogens (primary N) is 1. The summed E-state index contributed by atoms with van der Waals surface area (Å²) in [5.74, 6) is -1.31. The lowest BCUT2D eigenvalue weighted by molar-refractivity contribution is 0.0429. The molecule has 5 heterocycles. The van der Waals surface area contributed by atoms with Crippen LogP contribution in [-0.4, -0.2) is 69.6 Å². The van der Waals surface area contributed by atoms with E-state index in [2.05, 4.69) is 20.2 Å². The maximum atomic E-state index is 16.8. The van der Waals surface area contributed by atoms with Crippen LogP contribution < -0.4 is 20.5 Å². The number of benzene rings is 2. The van der Waals surface area contributed by atoms with Gasteiger partial charge < -0.3 is 25.6 Å². The first kappa shape index (κ1) is 29.2. The van der Waals surface area contributed by atoms with E-state index in [0.717, 1.165) is 36.8 Å². The molecule has 0 unspecified atom stereocenters. The minimum absolute atomic E-state index is 0.00103. The first-order valence-corrected chi connectivity index (χ1v) is 15.4. The van der Waals surface area contributed by atoms with Gasteiger partial charge in [0.2, 0.25) is 0 Å². The number of aliphatic hydroxyl groups is 1. The molecule has 2 fully saturated rings. The third-order valence-corrected chi connectivity index (χ3v) is 10.3. The fraction of sp³-hybridized carbons (Fsp3) is 0.433. The summed E-state index contributed by atoms with van der Waals surface area (Å²) in [5.41, 5.74) is 4.02. The SMILES string of the molecule is CC(C)(O)[C@H]1COc2c(Cl)c(-c3ccc(F)c4sc(N)c(C#N)c34)c(F)c3nc(OC[C@@]45CCCN4C[C@H](F)C5)nc(c23)N1. The Morgan fingerprint density at radius 3 is 2.89 bits per heavy atom. The van der Waals surface area contributed by atoms with Crippen molar-refractivity contribution in [2.45, 2.75) is 56.5 Å². The average molecular weight is 645 g/mol. The zero-order chi connectivity index (χ0) is 31.1. The van der Waals surface area contributed by atoms with Crippen LogP contribution in [0.5, 0.6) is 11.8 Å². The van der Waals surface area contributed by atoms with Crippen molar-refractivity contribution in [2.75, 3.05) is 37.4 Å². The van der Waals surface area contributed by atoms with Crippen LogP contribution in [0.4, 0.5) is 24.0 Å². The summed E-state index contributed by atoms with van der Waals surface area (Å²) in [6, 6.07) is 3.64. The van der Waals surface area contributed by atoms with Gasteiger partial charge in [-0.3, -0.25) is 4.90 Å². The highest BCUT2D eigenvalue weighted by molar-refractivity contribution is 7.23. The zero-order valence-electron chi connectivity index (χ0n) is 23.8. The van der Waals surface area contributed by atoms with Crippen LogP contribution in [0.1, 0.15) is 38.7 Å². The third-order valence-electron chi connectivity index (χ3n) is 8.95. The molecule has 3 aliphatic rings. The molecule has 2 saturated heterocycles. The van der Waals surface area contributed by atoms with Gasteiger partial charge in [0.1, 0.15) is 47.6 Å². The van der Waals surface area contributed by atoms with Crippen molar-refractivity contribution in [3.8, 4) is 29.0 Å². The smallest absolute Gasteiger partial charge is 0.319 e. The number of nitrogen functional groups attached to an aromatic ring is 1. The van der Waals surface area contributed by atoms with Gasteiger partial charge in [0.15, 0.2) is 11.6 Å². The Balaban J connectivity index is 1.44. The number of aromatic nitrogens is 2. The van der Waals surface area contributed by atoms with E-state index in [1.807, 2.05) is 6.07 Å². The van der Waals surface area contributed by atoms with Crippen molar-refractivity contribution < 1.29 is 27.8 Å². The maximum absolute atomic E-state index is 16.8. The molecule has 230 valence electrons. The van der Waals surface area contributed by atoms with Crippen LogP contribution in [-0.2, 0) is 0 Å². The fourth-order valence-electron chi connectivity index (χ4n) is 6.70. The molecule has 44 heavy (non-hydrogen) atoms. The molecule has 7 rings (SSSR count). The molecule has 0 bridgehead atoms. The number of anilines is 2. The number of hydrogen-bond donors (Lipinski definition) is 3. The lowest BCUT2D eigenvalue weighted by Crippen LogP contribution is -2.45. The molecule has 4 aromatic rings. The van der Waals surface area contributed by atoms with Gasteiger partial charge in [-0.05, 0) is 44.9 Å². The molecule has 0 spiro atoms. The number of nitrogens with one attached hydrogen (secondary N) is 1. The largest absolute Gasteiger partial charge is 0.489 e. The van der Waals surface area contributed by atoms with E-state index in [0.29, 0.717) is 13.0 Å². The molecule has 0 radical (unpaired) electrons. The number of alkyl halides is 1. The van der Waals surface area contributed by atoms with Gasteiger partial charge in [0.05, 0.1) is 37.9 Å². The highest BCUT2D eigenvalue weighted by Gasteiger charge is 2.49. The molecule has 2 aromatic heterocycles. The monoisotopic (exact) mass is 644 g/mol. The molecule has 14 heteroatoms. The van der Waals surface area contributed by atoms with Crippen molar-refractivity contribution in [3.63, 3.8) is 0 Å². The molecule has 9 nitrogen and oxygen atoms in total. The number of rotatable bonds is 5. The van der Waals surface area contributed by atoms with E-state index in [4.69, 9.17) is 26.8 Å². The molecule has 4 N–H and O–H groups in total. The van der Waals surface area contributed by atoms with Gasteiger partial charge in [-0.15, -0.1) is 11.3 Å². The van der Waals surface area contributed by atoms with Gasteiger partial charge in [-0.25, -0.2) is 13.2 Å². The van der Waals surface area contributed by atoms with Crippen molar-refractivity contribution in [3.05, 3.63) is 34.4 Å². The molecular formula is C30H28ClF3N6O3S. The van der Waals surface area contributed by atoms with Crippen LogP contribution in [0.15, 0.2) is 12.1 Å². The van der Waals surface area contributed by atoms with Crippen LogP contribution >= 0.6 is 22.9 Å². The van der Waals surface area contributed by atoms with Gasteiger partial charge in [-0.1, -0.05) is 17.7 Å². The fourth-order valence-corrected chi connectivity index (χ4v) is 7.99. The molecule has 3 atom stereocenters. The second-order valence-corrected chi connectivity index (χ2v) is 13.6. The molecular weight excluding hydrogens is 617 g/mol. The summed E-state index contributed by atoms with van der Waals surface area (Å²) in [5, 5.41) is 24.0. The summed E-state index contributed by atoms with van der Waals surface area (Å²) in [4.78, 5) is 11.1. The number of hydrogen-bond acceptors (Lipinski definition) is 10. The Labute approximate surface area is 259 Å². The van der Waals surface area contributed by atoms with Crippen molar-refractivity contribution in [1.82, 2.24) is 14.9 Å². The van der Waals surface area contributed by atoms with E-state index >= 15 is 4.39 Å². The molecule has 0 saturated carbocycles. The van der Waals surface area contributed by atoms with Crippen molar-refractivity contribution in [2.24, 2.45) is 0 Å². The molecule has 3 aliphatic heterocycles. The predicted octanol–water partition coefficient (Wildman–Crippen LogP) is 5.80. The number of thiophene rings is 1. The number of nitriles is 1. The molecule has 0 amide bonds. The second kappa shape index (κ2) is 10.2. The molecule has 0 aliphatic carbocycles. The summed E-state index contributed by atoms with van der Waals surface area (Å²) >= 11 is 7.77. The zero-order valence-corrected chi connectivity index (χ0v) is 25.4. The van der Waals surface area contributed by atoms with Gasteiger partial charge in [0, 0.05) is 23.9 Å². The molecule has 2 aromatic carbocycles. The van der Waals surface area contributed by atoms with Gasteiger partial charge >= 0.3 is 6.01 Å².